The molecule has 7 heteroatoms. The maximum atomic E-state index is 12.4. The highest BCUT2D eigenvalue weighted by Crippen LogP contribution is 2.20. The zero-order chi connectivity index (χ0) is 17.0. The van der Waals surface area contributed by atoms with Gasteiger partial charge >= 0.3 is 0 Å². The smallest absolute Gasteiger partial charge is 0.293 e. The van der Waals surface area contributed by atoms with Gasteiger partial charge in [-0.05, 0) is 25.5 Å². The van der Waals surface area contributed by atoms with E-state index in [-0.39, 0.29) is 11.7 Å². The Labute approximate surface area is 140 Å². The van der Waals surface area contributed by atoms with Crippen molar-refractivity contribution in [1.82, 2.24) is 19.7 Å². The molecule has 0 fully saturated rings. The van der Waals surface area contributed by atoms with Gasteiger partial charge in [0.05, 0.1) is 16.8 Å². The predicted octanol–water partition coefficient (Wildman–Crippen LogP) is 2.33. The van der Waals surface area contributed by atoms with E-state index >= 15 is 0 Å². The second kappa shape index (κ2) is 7.57. The molecule has 124 valence electrons. The van der Waals surface area contributed by atoms with E-state index in [1.165, 1.54) is 4.90 Å². The van der Waals surface area contributed by atoms with Crippen molar-refractivity contribution in [2.24, 2.45) is 0 Å². The van der Waals surface area contributed by atoms with Gasteiger partial charge in [-0.1, -0.05) is 30.7 Å². The number of carbonyl (C=O) groups is 1. The summed E-state index contributed by atoms with van der Waals surface area (Å²) in [5.74, 6) is 0.534. The first kappa shape index (κ1) is 17.4. The van der Waals surface area contributed by atoms with E-state index in [1.807, 2.05) is 25.1 Å². The summed E-state index contributed by atoms with van der Waals surface area (Å²) in [6.07, 6.45) is 0.682. The molecule has 2 aromatic rings. The minimum absolute atomic E-state index is 0.134. The fourth-order valence-electron chi connectivity index (χ4n) is 2.13. The molecule has 1 N–H and O–H groups in total. The van der Waals surface area contributed by atoms with Crippen molar-refractivity contribution in [3.05, 3.63) is 40.9 Å². The van der Waals surface area contributed by atoms with Crippen LogP contribution in [0.4, 0.5) is 0 Å². The lowest BCUT2D eigenvalue weighted by Crippen LogP contribution is -2.30. The number of para-hydroxylation sites is 1. The molecular weight excluding hydrogens is 316 g/mol. The van der Waals surface area contributed by atoms with Crippen LogP contribution in [-0.4, -0.2) is 50.4 Å². The molecule has 0 aliphatic heterocycles. The third-order valence-electron chi connectivity index (χ3n) is 3.49. The van der Waals surface area contributed by atoms with E-state index in [9.17, 15) is 9.90 Å². The molecule has 0 bridgehead atoms. The van der Waals surface area contributed by atoms with E-state index in [1.54, 1.807) is 24.7 Å². The van der Waals surface area contributed by atoms with Crippen LogP contribution >= 0.6 is 11.6 Å². The molecule has 1 heterocycles. The molecule has 23 heavy (non-hydrogen) atoms. The number of aromatic nitrogens is 3. The van der Waals surface area contributed by atoms with Crippen LogP contribution < -0.4 is 0 Å². The fourth-order valence-corrected chi connectivity index (χ4v) is 2.35. The number of nitrogens with zero attached hydrogens (tertiary/aromatic N) is 4. The van der Waals surface area contributed by atoms with Crippen LogP contribution in [0.15, 0.2) is 24.3 Å². The lowest BCUT2D eigenvalue weighted by atomic mass is 10.3. The monoisotopic (exact) mass is 336 g/mol. The second-order valence-corrected chi connectivity index (χ2v) is 5.84. The lowest BCUT2D eigenvalue weighted by molar-refractivity contribution is 0.0757. The third kappa shape index (κ3) is 4.09. The van der Waals surface area contributed by atoms with E-state index in [0.717, 1.165) is 0 Å². The first-order valence-electron chi connectivity index (χ1n) is 7.58. The van der Waals surface area contributed by atoms with Crippen LogP contribution in [0.5, 0.6) is 0 Å². The number of rotatable bonds is 6. The van der Waals surface area contributed by atoms with Crippen molar-refractivity contribution >= 4 is 17.5 Å². The van der Waals surface area contributed by atoms with Crippen molar-refractivity contribution in [2.45, 2.75) is 32.8 Å². The fraction of sp³-hybridized carbons (Fsp3) is 0.438. The predicted molar refractivity (Wildman–Crippen MR) is 89.0 cm³/mol. The molecule has 0 spiro atoms. The normalized spacial score (nSPS) is 12.2. The van der Waals surface area contributed by atoms with Crippen LogP contribution in [0.2, 0.25) is 5.02 Å². The maximum absolute atomic E-state index is 12.4. The molecule has 1 atom stereocenters. The highest BCUT2D eigenvalue weighted by Gasteiger charge is 2.20. The molecule has 0 radical (unpaired) electrons. The Hall–Kier alpha value is -1.92. The molecule has 0 saturated heterocycles. The Morgan fingerprint density at radius 2 is 2.13 bits per heavy atom. The van der Waals surface area contributed by atoms with Gasteiger partial charge in [-0.3, -0.25) is 4.79 Å². The highest BCUT2D eigenvalue weighted by molar-refractivity contribution is 6.32. The van der Waals surface area contributed by atoms with Crippen LogP contribution in [0.3, 0.4) is 0 Å². The largest absolute Gasteiger partial charge is 0.393 e. The molecule has 1 amide bonds. The number of hydrogen-bond donors (Lipinski definition) is 1. The summed E-state index contributed by atoms with van der Waals surface area (Å²) in [6.45, 7) is 4.08. The van der Waals surface area contributed by atoms with Crippen LogP contribution in [0.25, 0.3) is 5.69 Å². The summed E-state index contributed by atoms with van der Waals surface area (Å²) in [7, 11) is 1.67. The number of aliphatic hydroxyl groups excluding tert-OH is 1. The quantitative estimate of drug-likeness (QED) is 0.878. The zero-order valence-corrected chi connectivity index (χ0v) is 14.3. The van der Waals surface area contributed by atoms with Gasteiger partial charge in [0.1, 0.15) is 5.82 Å². The number of carbonyl (C=O) groups excluding carboxylic acids is 1. The third-order valence-corrected chi connectivity index (χ3v) is 3.81. The van der Waals surface area contributed by atoms with Crippen molar-refractivity contribution in [1.29, 1.82) is 0 Å². The zero-order valence-electron chi connectivity index (χ0n) is 13.5. The van der Waals surface area contributed by atoms with Gasteiger partial charge in [0.25, 0.3) is 5.91 Å². The van der Waals surface area contributed by atoms with Gasteiger partial charge < -0.3 is 10.0 Å². The molecule has 2 rings (SSSR count). The van der Waals surface area contributed by atoms with Gasteiger partial charge in [-0.2, -0.15) is 0 Å². The summed E-state index contributed by atoms with van der Waals surface area (Å²) in [4.78, 5) is 18.3. The van der Waals surface area contributed by atoms with E-state index < -0.39 is 6.10 Å². The summed E-state index contributed by atoms with van der Waals surface area (Å²) < 4.78 is 1.61. The van der Waals surface area contributed by atoms with E-state index in [4.69, 9.17) is 11.6 Å². The Kier molecular flexibility index (Phi) is 5.74. The Balaban J connectivity index is 2.28. The molecule has 1 aromatic heterocycles. The topological polar surface area (TPSA) is 71.2 Å². The van der Waals surface area contributed by atoms with Crippen molar-refractivity contribution in [3.8, 4) is 5.69 Å². The van der Waals surface area contributed by atoms with Gasteiger partial charge in [0, 0.05) is 20.0 Å². The molecule has 0 aliphatic carbocycles. The van der Waals surface area contributed by atoms with Gasteiger partial charge in [0.15, 0.2) is 0 Å². The van der Waals surface area contributed by atoms with Crippen LogP contribution in [-0.2, 0) is 6.42 Å². The summed E-state index contributed by atoms with van der Waals surface area (Å²) in [5, 5.41) is 14.2. The number of hydrogen-bond acceptors (Lipinski definition) is 4. The number of benzene rings is 1. The van der Waals surface area contributed by atoms with E-state index in [0.29, 0.717) is 35.9 Å². The van der Waals surface area contributed by atoms with Crippen LogP contribution in [0.1, 0.15) is 36.7 Å². The summed E-state index contributed by atoms with van der Waals surface area (Å²) >= 11 is 6.21. The Morgan fingerprint density at radius 3 is 2.74 bits per heavy atom. The van der Waals surface area contributed by atoms with Crippen molar-refractivity contribution in [2.75, 3.05) is 13.6 Å². The average Bonchev–Trinajstić information content (AvgIpc) is 2.96. The summed E-state index contributed by atoms with van der Waals surface area (Å²) in [6, 6.07) is 7.30. The average molecular weight is 337 g/mol. The number of amides is 1. The van der Waals surface area contributed by atoms with Crippen molar-refractivity contribution in [3.63, 3.8) is 0 Å². The molecule has 1 aromatic carbocycles. The van der Waals surface area contributed by atoms with Gasteiger partial charge in [-0.25, -0.2) is 9.67 Å². The summed E-state index contributed by atoms with van der Waals surface area (Å²) in [5.41, 5.74) is 0.698. The molecule has 0 aliphatic rings. The minimum atomic E-state index is -0.454. The number of halogens is 1. The van der Waals surface area contributed by atoms with Gasteiger partial charge in [-0.15, -0.1) is 5.10 Å². The molecule has 1 unspecified atom stereocenters. The number of aliphatic hydroxyl groups is 1. The molecular formula is C16H21ClN4O2. The second-order valence-electron chi connectivity index (χ2n) is 5.43. The lowest BCUT2D eigenvalue weighted by Gasteiger charge is -2.15. The molecule has 0 saturated carbocycles. The van der Waals surface area contributed by atoms with Crippen molar-refractivity contribution < 1.29 is 9.90 Å². The van der Waals surface area contributed by atoms with E-state index in [2.05, 4.69) is 10.1 Å². The standard InChI is InChI=1S/C16H21ClN4O2/c1-4-14-18-15(16(23)20(3)10-9-11(2)22)19-21(14)13-8-6-5-7-12(13)17/h5-8,11,22H,4,9-10H2,1-3H3. The maximum Gasteiger partial charge on any atom is 0.293 e. The highest BCUT2D eigenvalue weighted by atomic mass is 35.5. The Morgan fingerprint density at radius 1 is 1.43 bits per heavy atom. The number of aryl methyl sites for hydroxylation is 1. The van der Waals surface area contributed by atoms with Crippen LogP contribution in [0, 0.1) is 0 Å². The first-order valence-corrected chi connectivity index (χ1v) is 7.96. The molecule has 6 nitrogen and oxygen atoms in total. The van der Waals surface area contributed by atoms with Gasteiger partial charge in [0.2, 0.25) is 5.82 Å². The Bertz CT molecular complexity index is 684. The SMILES string of the molecule is CCc1nc(C(=O)N(C)CCC(C)O)nn1-c1ccccc1Cl. The first-order chi connectivity index (χ1) is 10.9. The minimum Gasteiger partial charge on any atom is -0.393 e.